The number of nitro benzene ring substituents is 1. The molecule has 5 nitrogen and oxygen atoms in total. The molecule has 0 aromatic heterocycles. The van der Waals surface area contributed by atoms with Gasteiger partial charge in [-0.15, -0.1) is 0 Å². The summed E-state index contributed by atoms with van der Waals surface area (Å²) in [7, 11) is 0. The number of nitro groups is 1. The van der Waals surface area contributed by atoms with Crippen LogP contribution in [0.3, 0.4) is 0 Å². The number of para-hydroxylation sites is 1. The molecule has 6 heteroatoms. The average molecular weight is 383 g/mol. The van der Waals surface area contributed by atoms with E-state index in [0.29, 0.717) is 6.61 Å². The van der Waals surface area contributed by atoms with Crippen molar-refractivity contribution in [2.75, 3.05) is 11.9 Å². The van der Waals surface area contributed by atoms with Crippen LogP contribution in [-0.4, -0.2) is 11.5 Å². The maximum Gasteiger partial charge on any atom is 0.288 e. The van der Waals surface area contributed by atoms with E-state index in [2.05, 4.69) is 30.1 Å². The topological polar surface area (TPSA) is 64.4 Å². The van der Waals surface area contributed by atoms with Gasteiger partial charge in [0.25, 0.3) is 5.69 Å². The molecule has 0 spiro atoms. The van der Waals surface area contributed by atoms with E-state index in [4.69, 9.17) is 16.3 Å². The Hall–Kier alpha value is -2.79. The zero-order chi connectivity index (χ0) is 19.0. The molecule has 138 valence electrons. The molecule has 3 atom stereocenters. The number of allylic oxidation sites excluding steroid dienone is 2. The molecule has 0 amide bonds. The SMILES string of the molecule is C=CCOc1cccc2c1NC(c1ccc(Cl)c([N+](=O)[O-])c1)C1CC=CC21. The largest absolute Gasteiger partial charge is 0.487 e. The van der Waals surface area contributed by atoms with Gasteiger partial charge in [0.2, 0.25) is 0 Å². The minimum Gasteiger partial charge on any atom is -0.487 e. The first-order chi connectivity index (χ1) is 13.1. The van der Waals surface area contributed by atoms with Crippen molar-refractivity contribution in [2.45, 2.75) is 18.4 Å². The van der Waals surface area contributed by atoms with Gasteiger partial charge in [-0.25, -0.2) is 0 Å². The molecule has 2 aromatic rings. The van der Waals surface area contributed by atoms with Gasteiger partial charge in [-0.2, -0.15) is 0 Å². The van der Waals surface area contributed by atoms with Crippen molar-refractivity contribution in [1.82, 2.24) is 0 Å². The predicted octanol–water partition coefficient (Wildman–Crippen LogP) is 5.64. The van der Waals surface area contributed by atoms with Crippen molar-refractivity contribution >= 4 is 23.0 Å². The van der Waals surface area contributed by atoms with Crippen molar-refractivity contribution in [3.63, 3.8) is 0 Å². The highest BCUT2D eigenvalue weighted by Crippen LogP contribution is 2.52. The van der Waals surface area contributed by atoms with Crippen LogP contribution >= 0.6 is 11.6 Å². The number of nitrogens with one attached hydrogen (secondary N) is 1. The first-order valence-electron chi connectivity index (χ1n) is 8.83. The Morgan fingerprint density at radius 3 is 3.00 bits per heavy atom. The summed E-state index contributed by atoms with van der Waals surface area (Å²) in [6, 6.07) is 11.0. The fourth-order valence-corrected chi connectivity index (χ4v) is 4.24. The smallest absolute Gasteiger partial charge is 0.288 e. The highest BCUT2D eigenvalue weighted by molar-refractivity contribution is 6.32. The fourth-order valence-electron chi connectivity index (χ4n) is 4.05. The zero-order valence-corrected chi connectivity index (χ0v) is 15.4. The van der Waals surface area contributed by atoms with Gasteiger partial charge >= 0.3 is 0 Å². The number of hydrogen-bond donors (Lipinski definition) is 1. The normalized spacial score (nSPS) is 22.5. The van der Waals surface area contributed by atoms with E-state index < -0.39 is 4.92 Å². The highest BCUT2D eigenvalue weighted by Gasteiger charge is 2.39. The minimum absolute atomic E-state index is 0.0676. The quantitative estimate of drug-likeness (QED) is 0.413. The first-order valence-corrected chi connectivity index (χ1v) is 9.21. The number of ether oxygens (including phenoxy) is 1. The second kappa shape index (κ2) is 7.08. The maximum absolute atomic E-state index is 11.3. The molecular weight excluding hydrogens is 364 g/mol. The summed E-state index contributed by atoms with van der Waals surface area (Å²) in [5.74, 6) is 1.29. The monoisotopic (exact) mass is 382 g/mol. The van der Waals surface area contributed by atoms with Crippen LogP contribution in [0.1, 0.15) is 29.5 Å². The summed E-state index contributed by atoms with van der Waals surface area (Å²) in [4.78, 5) is 10.9. The molecule has 1 aliphatic heterocycles. The summed E-state index contributed by atoms with van der Waals surface area (Å²) in [5, 5.41) is 15.0. The van der Waals surface area contributed by atoms with E-state index in [1.54, 1.807) is 18.2 Å². The molecule has 0 saturated carbocycles. The lowest BCUT2D eigenvalue weighted by Gasteiger charge is -2.38. The van der Waals surface area contributed by atoms with Crippen molar-refractivity contribution in [2.24, 2.45) is 5.92 Å². The molecular formula is C21H19ClN2O3. The Morgan fingerprint density at radius 2 is 2.22 bits per heavy atom. The van der Waals surface area contributed by atoms with Gasteiger partial charge in [-0.05, 0) is 35.6 Å². The predicted molar refractivity (Wildman–Crippen MR) is 107 cm³/mol. The summed E-state index contributed by atoms with van der Waals surface area (Å²) in [6.07, 6.45) is 7.02. The Labute approximate surface area is 162 Å². The third-order valence-corrected chi connectivity index (χ3v) is 5.56. The van der Waals surface area contributed by atoms with Crippen molar-refractivity contribution in [3.05, 3.63) is 87.5 Å². The van der Waals surface area contributed by atoms with Crippen LogP contribution in [0.25, 0.3) is 0 Å². The molecule has 4 rings (SSSR count). The Morgan fingerprint density at radius 1 is 1.37 bits per heavy atom. The van der Waals surface area contributed by atoms with Crippen LogP contribution in [-0.2, 0) is 0 Å². The van der Waals surface area contributed by atoms with Crippen LogP contribution in [0.5, 0.6) is 5.75 Å². The van der Waals surface area contributed by atoms with Crippen molar-refractivity contribution < 1.29 is 9.66 Å². The van der Waals surface area contributed by atoms with E-state index in [1.807, 2.05) is 18.2 Å². The van der Waals surface area contributed by atoms with Gasteiger partial charge in [0.05, 0.1) is 16.7 Å². The van der Waals surface area contributed by atoms with E-state index in [-0.39, 0.29) is 28.6 Å². The minimum atomic E-state index is -0.439. The van der Waals surface area contributed by atoms with Crippen molar-refractivity contribution in [1.29, 1.82) is 0 Å². The molecule has 1 aliphatic carbocycles. The average Bonchev–Trinajstić information content (AvgIpc) is 3.16. The lowest BCUT2D eigenvalue weighted by molar-refractivity contribution is -0.384. The maximum atomic E-state index is 11.3. The Kier molecular flexibility index (Phi) is 4.62. The third-order valence-electron chi connectivity index (χ3n) is 5.24. The zero-order valence-electron chi connectivity index (χ0n) is 14.6. The number of rotatable bonds is 5. The molecule has 2 aromatic carbocycles. The Balaban J connectivity index is 1.78. The third kappa shape index (κ3) is 3.08. The van der Waals surface area contributed by atoms with E-state index in [1.165, 1.54) is 5.56 Å². The number of halogens is 1. The standard InChI is InChI=1S/C21H19ClN2O3/c1-2-11-27-19-8-4-7-16-14-5-3-6-15(14)20(23-21(16)19)13-9-10-17(22)18(12-13)24(25)26/h2-5,7-10,12,14-15,20,23H,1,6,11H2. The number of nitrogens with zero attached hydrogens (tertiary/aromatic N) is 1. The lowest BCUT2D eigenvalue weighted by atomic mass is 9.77. The summed E-state index contributed by atoms with van der Waals surface area (Å²) >= 11 is 6.00. The lowest BCUT2D eigenvalue weighted by Crippen LogP contribution is -2.29. The van der Waals surface area contributed by atoms with Gasteiger partial charge < -0.3 is 10.1 Å². The van der Waals surface area contributed by atoms with Gasteiger partial charge in [0, 0.05) is 12.0 Å². The van der Waals surface area contributed by atoms with E-state index in [0.717, 1.165) is 23.4 Å². The van der Waals surface area contributed by atoms with Crippen LogP contribution in [0.4, 0.5) is 11.4 Å². The summed E-state index contributed by atoms with van der Waals surface area (Å²) in [6.45, 7) is 4.12. The van der Waals surface area contributed by atoms with Crippen LogP contribution in [0.2, 0.25) is 5.02 Å². The number of benzene rings is 2. The molecule has 0 saturated heterocycles. The number of anilines is 1. The molecule has 0 radical (unpaired) electrons. The van der Waals surface area contributed by atoms with Gasteiger partial charge in [-0.1, -0.05) is 54.6 Å². The van der Waals surface area contributed by atoms with Crippen LogP contribution < -0.4 is 10.1 Å². The molecule has 0 bridgehead atoms. The number of hydrogen-bond acceptors (Lipinski definition) is 4. The molecule has 1 heterocycles. The molecule has 3 unspecified atom stereocenters. The molecule has 27 heavy (non-hydrogen) atoms. The molecule has 2 aliphatic rings. The van der Waals surface area contributed by atoms with Gasteiger partial charge in [0.1, 0.15) is 17.4 Å². The molecule has 1 N–H and O–H groups in total. The van der Waals surface area contributed by atoms with Crippen LogP contribution in [0, 0.1) is 16.0 Å². The fraction of sp³-hybridized carbons (Fsp3) is 0.238. The molecule has 0 fully saturated rings. The summed E-state index contributed by atoms with van der Waals surface area (Å²) in [5.41, 5.74) is 2.92. The number of fused-ring (bicyclic) bond motifs is 3. The Bertz CT molecular complexity index is 941. The van der Waals surface area contributed by atoms with Crippen molar-refractivity contribution in [3.8, 4) is 5.75 Å². The summed E-state index contributed by atoms with van der Waals surface area (Å²) < 4.78 is 5.83. The van der Waals surface area contributed by atoms with Gasteiger partial charge in [0.15, 0.2) is 0 Å². The van der Waals surface area contributed by atoms with Gasteiger partial charge in [-0.3, -0.25) is 10.1 Å². The second-order valence-electron chi connectivity index (χ2n) is 6.76. The van der Waals surface area contributed by atoms with Crippen LogP contribution in [0.15, 0.2) is 61.2 Å². The van der Waals surface area contributed by atoms with E-state index >= 15 is 0 Å². The second-order valence-corrected chi connectivity index (χ2v) is 7.17. The van der Waals surface area contributed by atoms with E-state index in [9.17, 15) is 10.1 Å². The first kappa shape index (κ1) is 17.6. The highest BCUT2D eigenvalue weighted by atomic mass is 35.5.